The third-order valence-corrected chi connectivity index (χ3v) is 4.31. The number of carbonyl (C=O) groups excluding carboxylic acids is 1. The van der Waals surface area contributed by atoms with E-state index in [0.29, 0.717) is 12.3 Å². The number of anilines is 1. The normalized spacial score (nSPS) is 11.1. The number of aromatic nitrogens is 3. The van der Waals surface area contributed by atoms with Crippen molar-refractivity contribution in [3.8, 4) is 17.1 Å². The van der Waals surface area contributed by atoms with E-state index in [1.54, 1.807) is 12.1 Å². The molecule has 0 aliphatic rings. The number of rotatable bonds is 6. The minimum Gasteiger partial charge on any atom is -0.410 e. The van der Waals surface area contributed by atoms with Gasteiger partial charge in [0.15, 0.2) is 11.6 Å². The lowest BCUT2D eigenvalue weighted by atomic mass is 10.0. The lowest BCUT2D eigenvalue weighted by Crippen LogP contribution is -2.31. The standard InChI is InChI=1S/C21H25N5O2/c1-5-22-20(27)28-17-13-11-15(12-14-17)18-24-25-19(26(18)4)21(2,3)23-16-9-7-6-8-10-16/h6-14,23H,5H2,1-4H3,(H,22,27). The molecule has 0 bridgehead atoms. The van der Waals surface area contributed by atoms with E-state index in [9.17, 15) is 4.79 Å². The van der Waals surface area contributed by atoms with Crippen LogP contribution in [0.2, 0.25) is 0 Å². The minimum absolute atomic E-state index is 0.414. The second-order valence-electron chi connectivity index (χ2n) is 6.97. The summed E-state index contributed by atoms with van der Waals surface area (Å²) < 4.78 is 7.17. The maximum Gasteiger partial charge on any atom is 0.412 e. The van der Waals surface area contributed by atoms with Gasteiger partial charge in [-0.05, 0) is 57.2 Å². The van der Waals surface area contributed by atoms with Gasteiger partial charge >= 0.3 is 6.09 Å². The monoisotopic (exact) mass is 379 g/mol. The van der Waals surface area contributed by atoms with Crippen LogP contribution in [-0.4, -0.2) is 27.4 Å². The first-order valence-electron chi connectivity index (χ1n) is 9.20. The van der Waals surface area contributed by atoms with Gasteiger partial charge < -0.3 is 19.9 Å². The van der Waals surface area contributed by atoms with Crippen LogP contribution in [0.25, 0.3) is 11.4 Å². The molecule has 7 heteroatoms. The zero-order chi connectivity index (χ0) is 20.1. The number of hydrogen-bond acceptors (Lipinski definition) is 5. The van der Waals surface area contributed by atoms with Crippen molar-refractivity contribution in [1.82, 2.24) is 20.1 Å². The number of hydrogen-bond donors (Lipinski definition) is 2. The molecule has 0 aliphatic heterocycles. The third kappa shape index (κ3) is 4.31. The number of carbonyl (C=O) groups is 1. The summed E-state index contributed by atoms with van der Waals surface area (Å²) in [6, 6.07) is 17.2. The van der Waals surface area contributed by atoms with Crippen molar-refractivity contribution in [3.05, 3.63) is 60.4 Å². The Morgan fingerprint density at radius 1 is 1.07 bits per heavy atom. The first kappa shape index (κ1) is 19.4. The quantitative estimate of drug-likeness (QED) is 0.678. The van der Waals surface area contributed by atoms with Crippen LogP contribution in [0, 0.1) is 0 Å². The van der Waals surface area contributed by atoms with Gasteiger partial charge in [-0.25, -0.2) is 4.79 Å². The van der Waals surface area contributed by atoms with Crippen LogP contribution in [0.3, 0.4) is 0 Å². The van der Waals surface area contributed by atoms with Gasteiger partial charge in [-0.2, -0.15) is 0 Å². The molecule has 0 saturated carbocycles. The molecule has 0 saturated heterocycles. The van der Waals surface area contributed by atoms with Gasteiger partial charge in [-0.1, -0.05) is 18.2 Å². The van der Waals surface area contributed by atoms with Gasteiger partial charge in [0.2, 0.25) is 0 Å². The van der Waals surface area contributed by atoms with Gasteiger partial charge in [0.25, 0.3) is 0 Å². The Balaban J connectivity index is 1.79. The number of ether oxygens (including phenoxy) is 1. The number of benzene rings is 2. The second-order valence-corrected chi connectivity index (χ2v) is 6.97. The molecule has 0 radical (unpaired) electrons. The summed E-state index contributed by atoms with van der Waals surface area (Å²) in [6.07, 6.45) is -0.468. The summed E-state index contributed by atoms with van der Waals surface area (Å²) in [7, 11) is 1.94. The highest BCUT2D eigenvalue weighted by atomic mass is 16.5. The lowest BCUT2D eigenvalue weighted by molar-refractivity contribution is 0.201. The van der Waals surface area contributed by atoms with E-state index < -0.39 is 11.6 Å². The van der Waals surface area contributed by atoms with Crippen LogP contribution in [0.1, 0.15) is 26.6 Å². The van der Waals surface area contributed by atoms with Crippen LogP contribution in [-0.2, 0) is 12.6 Å². The summed E-state index contributed by atoms with van der Waals surface area (Å²) in [6.45, 7) is 6.49. The molecule has 0 aliphatic carbocycles. The number of para-hydroxylation sites is 1. The molecule has 146 valence electrons. The van der Waals surface area contributed by atoms with Crippen molar-refractivity contribution < 1.29 is 9.53 Å². The highest BCUT2D eigenvalue weighted by Crippen LogP contribution is 2.28. The van der Waals surface area contributed by atoms with Crippen LogP contribution in [0.15, 0.2) is 54.6 Å². The van der Waals surface area contributed by atoms with Gasteiger partial charge in [-0.3, -0.25) is 0 Å². The Morgan fingerprint density at radius 3 is 2.39 bits per heavy atom. The SMILES string of the molecule is CCNC(=O)Oc1ccc(-c2nnc(C(C)(C)Nc3ccccc3)n2C)cc1. The predicted molar refractivity (Wildman–Crippen MR) is 109 cm³/mol. The molecule has 2 aromatic carbocycles. The minimum atomic E-state index is -0.468. The Bertz CT molecular complexity index is 933. The largest absolute Gasteiger partial charge is 0.412 e. The highest BCUT2D eigenvalue weighted by Gasteiger charge is 2.27. The zero-order valence-corrected chi connectivity index (χ0v) is 16.6. The van der Waals surface area contributed by atoms with Crippen LogP contribution in [0.5, 0.6) is 5.75 Å². The molecular weight excluding hydrogens is 354 g/mol. The fraction of sp³-hybridized carbons (Fsp3) is 0.286. The van der Waals surface area contributed by atoms with Gasteiger partial charge in [0.05, 0.1) is 5.54 Å². The third-order valence-electron chi connectivity index (χ3n) is 4.31. The maximum absolute atomic E-state index is 11.5. The molecule has 0 atom stereocenters. The van der Waals surface area contributed by atoms with E-state index >= 15 is 0 Å². The van der Waals surface area contributed by atoms with Crippen molar-refractivity contribution in [2.75, 3.05) is 11.9 Å². The molecule has 2 N–H and O–H groups in total. The predicted octanol–water partition coefficient (Wildman–Crippen LogP) is 3.94. The molecular formula is C21H25N5O2. The second kappa shape index (κ2) is 8.12. The molecule has 1 amide bonds. The van der Waals surface area contributed by atoms with Gasteiger partial charge in [0.1, 0.15) is 5.75 Å². The Morgan fingerprint density at radius 2 is 1.75 bits per heavy atom. The number of nitrogens with one attached hydrogen (secondary N) is 2. The number of amides is 1. The topological polar surface area (TPSA) is 81.1 Å². The van der Waals surface area contributed by atoms with Gasteiger partial charge in [-0.15, -0.1) is 10.2 Å². The first-order valence-corrected chi connectivity index (χ1v) is 9.20. The fourth-order valence-corrected chi connectivity index (χ4v) is 3.02. The zero-order valence-electron chi connectivity index (χ0n) is 16.6. The molecule has 1 heterocycles. The van der Waals surface area contributed by atoms with Crippen LogP contribution < -0.4 is 15.4 Å². The lowest BCUT2D eigenvalue weighted by Gasteiger charge is -2.26. The Kier molecular flexibility index (Phi) is 5.63. The first-order chi connectivity index (χ1) is 13.4. The average molecular weight is 379 g/mol. The molecule has 28 heavy (non-hydrogen) atoms. The summed E-state index contributed by atoms with van der Waals surface area (Å²) in [5.74, 6) is 2.03. The molecule has 0 unspecified atom stereocenters. The van der Waals surface area contributed by atoms with Crippen molar-refractivity contribution in [2.45, 2.75) is 26.3 Å². The average Bonchev–Trinajstić information content (AvgIpc) is 3.05. The summed E-state index contributed by atoms with van der Waals surface area (Å²) >= 11 is 0. The van der Waals surface area contributed by atoms with Crippen molar-refractivity contribution >= 4 is 11.8 Å². The van der Waals surface area contributed by atoms with E-state index in [1.807, 2.05) is 61.0 Å². The van der Waals surface area contributed by atoms with Crippen molar-refractivity contribution in [1.29, 1.82) is 0 Å². The van der Waals surface area contributed by atoms with Crippen LogP contribution in [0.4, 0.5) is 10.5 Å². The summed E-state index contributed by atoms with van der Waals surface area (Å²) in [4.78, 5) is 11.5. The maximum atomic E-state index is 11.5. The fourth-order valence-electron chi connectivity index (χ4n) is 3.02. The van der Waals surface area contributed by atoms with E-state index in [-0.39, 0.29) is 0 Å². The summed E-state index contributed by atoms with van der Waals surface area (Å²) in [5.41, 5.74) is 1.49. The summed E-state index contributed by atoms with van der Waals surface area (Å²) in [5, 5.41) is 14.9. The van der Waals surface area contributed by atoms with Gasteiger partial charge in [0, 0.05) is 24.8 Å². The molecule has 0 spiro atoms. The molecule has 3 rings (SSSR count). The van der Waals surface area contributed by atoms with E-state index in [1.165, 1.54) is 0 Å². The molecule has 0 fully saturated rings. The number of nitrogens with zero attached hydrogens (tertiary/aromatic N) is 3. The smallest absolute Gasteiger partial charge is 0.410 e. The van der Waals surface area contributed by atoms with Crippen molar-refractivity contribution in [2.24, 2.45) is 7.05 Å². The van der Waals surface area contributed by atoms with E-state index in [2.05, 4.69) is 34.7 Å². The Labute approximate surface area is 164 Å². The molecule has 1 aromatic heterocycles. The molecule has 7 nitrogen and oxygen atoms in total. The van der Waals surface area contributed by atoms with Crippen LogP contribution >= 0.6 is 0 Å². The van der Waals surface area contributed by atoms with E-state index in [4.69, 9.17) is 4.74 Å². The van der Waals surface area contributed by atoms with Crippen molar-refractivity contribution in [3.63, 3.8) is 0 Å². The Hall–Kier alpha value is -3.35. The highest BCUT2D eigenvalue weighted by molar-refractivity contribution is 5.70. The van der Waals surface area contributed by atoms with E-state index in [0.717, 1.165) is 22.9 Å². The molecule has 3 aromatic rings.